The number of hydrogen-bond donors (Lipinski definition) is 1. The summed E-state index contributed by atoms with van der Waals surface area (Å²) in [6.07, 6.45) is 0. The molecule has 0 bridgehead atoms. The van der Waals surface area contributed by atoms with Crippen LogP contribution in [0.15, 0.2) is 63.5 Å². The second-order valence-electron chi connectivity index (χ2n) is 7.60. The molecule has 8 heteroatoms. The number of amides is 1. The van der Waals surface area contributed by atoms with E-state index in [0.717, 1.165) is 15.7 Å². The van der Waals surface area contributed by atoms with Crippen molar-refractivity contribution in [3.05, 3.63) is 91.4 Å². The molecule has 0 aliphatic rings. The smallest absolute Gasteiger partial charge is 0.325 e. The summed E-state index contributed by atoms with van der Waals surface area (Å²) in [6, 6.07) is 13.6. The van der Waals surface area contributed by atoms with E-state index in [0.29, 0.717) is 27.2 Å². The number of carbonyl (C=O) groups excluding carboxylic acids is 2. The van der Waals surface area contributed by atoms with Gasteiger partial charge < -0.3 is 5.32 Å². The Bertz CT molecular complexity index is 1490. The molecule has 0 radical (unpaired) electrons. The largest absolute Gasteiger partial charge is 0.336 e. The van der Waals surface area contributed by atoms with E-state index in [9.17, 15) is 19.2 Å². The summed E-state index contributed by atoms with van der Waals surface area (Å²) < 4.78 is 2.80. The fraction of sp³-hybridized carbons (Fsp3) is 0.167. The Kier molecular flexibility index (Phi) is 5.63. The van der Waals surface area contributed by atoms with Crippen LogP contribution >= 0.6 is 11.3 Å². The van der Waals surface area contributed by atoms with Crippen LogP contribution in [0, 0.1) is 13.8 Å². The lowest BCUT2D eigenvalue weighted by Gasteiger charge is -2.13. The summed E-state index contributed by atoms with van der Waals surface area (Å²) >= 11 is 1.23. The lowest BCUT2D eigenvalue weighted by molar-refractivity contribution is -0.116. The maximum atomic E-state index is 13.3. The molecule has 32 heavy (non-hydrogen) atoms. The van der Waals surface area contributed by atoms with Crippen LogP contribution in [0.4, 0.5) is 5.69 Å². The minimum Gasteiger partial charge on any atom is -0.325 e. The number of nitrogens with one attached hydrogen (secondary N) is 1. The maximum absolute atomic E-state index is 13.3. The summed E-state index contributed by atoms with van der Waals surface area (Å²) in [5, 5.41) is 4.45. The Hall–Kier alpha value is -3.78. The van der Waals surface area contributed by atoms with Crippen LogP contribution in [-0.2, 0) is 11.3 Å². The number of anilines is 1. The fourth-order valence-corrected chi connectivity index (χ4v) is 4.32. The number of carbonyl (C=O) groups is 2. The molecule has 0 atom stereocenters. The number of benzene rings is 2. The van der Waals surface area contributed by atoms with E-state index in [4.69, 9.17) is 0 Å². The molecule has 1 N–H and O–H groups in total. The quantitative estimate of drug-likeness (QED) is 0.473. The Morgan fingerprint density at radius 2 is 1.78 bits per heavy atom. The zero-order valence-corrected chi connectivity index (χ0v) is 18.7. The van der Waals surface area contributed by atoms with Gasteiger partial charge in [0.2, 0.25) is 5.91 Å². The van der Waals surface area contributed by atoms with Crippen molar-refractivity contribution in [1.82, 2.24) is 9.13 Å². The summed E-state index contributed by atoms with van der Waals surface area (Å²) in [5.74, 6) is -0.552. The minimum absolute atomic E-state index is 0.113. The van der Waals surface area contributed by atoms with E-state index >= 15 is 0 Å². The van der Waals surface area contributed by atoms with Crippen molar-refractivity contribution in [2.75, 3.05) is 5.32 Å². The number of aromatic nitrogens is 2. The van der Waals surface area contributed by atoms with Crippen molar-refractivity contribution >= 4 is 38.9 Å². The number of thiophene rings is 1. The second-order valence-corrected chi connectivity index (χ2v) is 8.51. The van der Waals surface area contributed by atoms with E-state index in [-0.39, 0.29) is 12.3 Å². The molecule has 0 fully saturated rings. The highest BCUT2D eigenvalue weighted by atomic mass is 32.1. The molecule has 0 saturated carbocycles. The molecule has 2 aromatic carbocycles. The predicted molar refractivity (Wildman–Crippen MR) is 126 cm³/mol. The minimum atomic E-state index is -0.586. The lowest BCUT2D eigenvalue weighted by Crippen LogP contribution is -2.40. The standard InChI is InChI=1S/C24H21N3O4S/c1-14-7-8-19(11-15(14)2)27-23(30)22-20(9-10-32-22)26(24(27)31)13-21(29)25-18-6-4-5-17(12-18)16(3)28/h4-12H,13H2,1-3H3,(H,25,29). The van der Waals surface area contributed by atoms with E-state index in [2.05, 4.69) is 5.32 Å². The highest BCUT2D eigenvalue weighted by Crippen LogP contribution is 2.18. The zero-order chi connectivity index (χ0) is 23.0. The Morgan fingerprint density at radius 1 is 1.00 bits per heavy atom. The van der Waals surface area contributed by atoms with Crippen LogP contribution in [-0.4, -0.2) is 20.8 Å². The van der Waals surface area contributed by atoms with Crippen LogP contribution in [0.3, 0.4) is 0 Å². The second kappa shape index (κ2) is 8.39. The molecular weight excluding hydrogens is 426 g/mol. The zero-order valence-electron chi connectivity index (χ0n) is 17.8. The molecule has 0 saturated heterocycles. The number of nitrogens with zero attached hydrogens (tertiary/aromatic N) is 2. The summed E-state index contributed by atoms with van der Waals surface area (Å²) in [7, 11) is 0. The molecule has 7 nitrogen and oxygen atoms in total. The van der Waals surface area contributed by atoms with Gasteiger partial charge in [0.25, 0.3) is 5.56 Å². The van der Waals surface area contributed by atoms with E-state index in [1.807, 2.05) is 19.9 Å². The van der Waals surface area contributed by atoms with Crippen LogP contribution in [0.5, 0.6) is 0 Å². The number of fused-ring (bicyclic) bond motifs is 1. The molecule has 1 amide bonds. The third-order valence-electron chi connectivity index (χ3n) is 5.36. The van der Waals surface area contributed by atoms with Gasteiger partial charge in [-0.15, -0.1) is 11.3 Å². The first kappa shape index (κ1) is 21.5. The molecule has 2 heterocycles. The van der Waals surface area contributed by atoms with Gasteiger partial charge in [0.1, 0.15) is 11.2 Å². The molecule has 2 aromatic heterocycles. The average Bonchev–Trinajstić information content (AvgIpc) is 3.24. The van der Waals surface area contributed by atoms with Gasteiger partial charge in [-0.1, -0.05) is 18.2 Å². The summed E-state index contributed by atoms with van der Waals surface area (Å²) in [4.78, 5) is 50.8. The van der Waals surface area contributed by atoms with Gasteiger partial charge in [-0.25, -0.2) is 9.36 Å². The van der Waals surface area contributed by atoms with E-state index < -0.39 is 17.2 Å². The number of ketones is 1. The van der Waals surface area contributed by atoms with Crippen LogP contribution < -0.4 is 16.6 Å². The van der Waals surface area contributed by atoms with Gasteiger partial charge in [0.15, 0.2) is 5.78 Å². The van der Waals surface area contributed by atoms with Gasteiger partial charge in [-0.2, -0.15) is 0 Å². The first-order valence-corrected chi connectivity index (χ1v) is 10.9. The number of Topliss-reactive ketones (excluding diaryl/α,β-unsaturated/α-hetero) is 1. The Balaban J connectivity index is 1.77. The first-order valence-electron chi connectivity index (χ1n) is 9.98. The van der Waals surface area contributed by atoms with Gasteiger partial charge >= 0.3 is 5.69 Å². The molecule has 4 aromatic rings. The SMILES string of the molecule is CC(=O)c1cccc(NC(=O)Cn2c(=O)n(-c3ccc(C)c(C)c3)c(=O)c3sccc32)c1. The van der Waals surface area contributed by atoms with Crippen molar-refractivity contribution < 1.29 is 9.59 Å². The highest BCUT2D eigenvalue weighted by Gasteiger charge is 2.18. The predicted octanol–water partition coefficient (Wildman–Crippen LogP) is 3.67. The van der Waals surface area contributed by atoms with Crippen LogP contribution in [0.2, 0.25) is 0 Å². The van der Waals surface area contributed by atoms with E-state index in [1.54, 1.807) is 47.8 Å². The molecule has 4 rings (SSSR count). The van der Waals surface area contributed by atoms with Crippen molar-refractivity contribution in [1.29, 1.82) is 0 Å². The summed E-state index contributed by atoms with van der Waals surface area (Å²) in [5.41, 5.74) is 2.81. The van der Waals surface area contributed by atoms with Crippen molar-refractivity contribution in [3.8, 4) is 5.69 Å². The number of aryl methyl sites for hydroxylation is 2. The van der Waals surface area contributed by atoms with Crippen molar-refractivity contribution in [3.63, 3.8) is 0 Å². The lowest BCUT2D eigenvalue weighted by atomic mass is 10.1. The third-order valence-corrected chi connectivity index (χ3v) is 6.25. The van der Waals surface area contributed by atoms with Gasteiger partial charge in [0.05, 0.1) is 11.2 Å². The van der Waals surface area contributed by atoms with Gasteiger partial charge in [-0.3, -0.25) is 19.0 Å². The van der Waals surface area contributed by atoms with Crippen molar-refractivity contribution in [2.45, 2.75) is 27.3 Å². The van der Waals surface area contributed by atoms with Crippen LogP contribution in [0.25, 0.3) is 15.9 Å². The molecule has 162 valence electrons. The molecule has 0 spiro atoms. The molecule has 0 aliphatic carbocycles. The monoisotopic (exact) mass is 447 g/mol. The highest BCUT2D eigenvalue weighted by molar-refractivity contribution is 7.17. The number of rotatable bonds is 5. The Labute approximate surface area is 187 Å². The van der Waals surface area contributed by atoms with Gasteiger partial charge in [0, 0.05) is 11.3 Å². The van der Waals surface area contributed by atoms with E-state index in [1.165, 1.54) is 22.8 Å². The normalized spacial score (nSPS) is 11.0. The topological polar surface area (TPSA) is 90.2 Å². The average molecular weight is 448 g/mol. The third kappa shape index (κ3) is 3.92. The fourth-order valence-electron chi connectivity index (χ4n) is 3.49. The van der Waals surface area contributed by atoms with Crippen molar-refractivity contribution in [2.24, 2.45) is 0 Å². The van der Waals surface area contributed by atoms with Crippen LogP contribution in [0.1, 0.15) is 28.4 Å². The Morgan fingerprint density at radius 3 is 2.50 bits per heavy atom. The number of hydrogen-bond acceptors (Lipinski definition) is 5. The first-order chi connectivity index (χ1) is 15.3. The summed E-state index contributed by atoms with van der Waals surface area (Å²) in [6.45, 7) is 5.04. The van der Waals surface area contributed by atoms with Gasteiger partial charge in [-0.05, 0) is 67.6 Å². The maximum Gasteiger partial charge on any atom is 0.336 e. The molecule has 0 aliphatic heterocycles. The molecular formula is C24H21N3O4S. The molecule has 0 unspecified atom stereocenters.